The minimum absolute atomic E-state index is 0.810. The fraction of sp³-hybridized carbons (Fsp3) is 0. The standard InChI is InChI=1S/C12H9Br2N/c13-11(14)7-9-6-5-8-3-1-2-4-10(8)12(9)15/h1-7H,15H2. The molecule has 0 aliphatic carbocycles. The van der Waals surface area contributed by atoms with E-state index in [0.29, 0.717) is 0 Å². The van der Waals surface area contributed by atoms with Gasteiger partial charge in [-0.25, -0.2) is 0 Å². The van der Waals surface area contributed by atoms with Gasteiger partial charge in [0.1, 0.15) is 0 Å². The molecule has 0 fully saturated rings. The van der Waals surface area contributed by atoms with E-state index in [4.69, 9.17) is 5.73 Å². The molecule has 2 N–H and O–H groups in total. The summed E-state index contributed by atoms with van der Waals surface area (Å²) in [4.78, 5) is 0. The quantitative estimate of drug-likeness (QED) is 0.766. The molecule has 2 rings (SSSR count). The third kappa shape index (κ3) is 2.24. The molecule has 1 nitrogen and oxygen atoms in total. The zero-order valence-corrected chi connectivity index (χ0v) is 11.0. The summed E-state index contributed by atoms with van der Waals surface area (Å²) in [6, 6.07) is 12.2. The van der Waals surface area contributed by atoms with E-state index < -0.39 is 0 Å². The number of halogens is 2. The van der Waals surface area contributed by atoms with Crippen molar-refractivity contribution in [3.63, 3.8) is 0 Å². The predicted octanol–water partition coefficient (Wildman–Crippen LogP) is 4.51. The number of hydrogen-bond donors (Lipinski definition) is 1. The van der Waals surface area contributed by atoms with Crippen molar-refractivity contribution in [2.24, 2.45) is 0 Å². The third-order valence-corrected chi connectivity index (χ3v) is 2.73. The van der Waals surface area contributed by atoms with Gasteiger partial charge in [0.2, 0.25) is 0 Å². The van der Waals surface area contributed by atoms with Crippen molar-refractivity contribution in [3.05, 3.63) is 45.4 Å². The third-order valence-electron chi connectivity index (χ3n) is 2.27. The van der Waals surface area contributed by atoms with Crippen LogP contribution in [-0.4, -0.2) is 0 Å². The summed E-state index contributed by atoms with van der Waals surface area (Å²) in [5.74, 6) is 0. The van der Waals surface area contributed by atoms with E-state index in [1.807, 2.05) is 30.3 Å². The Morgan fingerprint density at radius 3 is 2.53 bits per heavy atom. The molecule has 0 bridgehead atoms. The molecule has 0 aromatic heterocycles. The topological polar surface area (TPSA) is 26.0 Å². The Morgan fingerprint density at radius 1 is 1.07 bits per heavy atom. The van der Waals surface area contributed by atoms with Gasteiger partial charge in [0.05, 0.1) is 3.39 Å². The molecule has 0 saturated carbocycles. The Bertz CT molecular complexity index is 528. The van der Waals surface area contributed by atoms with Crippen molar-refractivity contribution in [1.82, 2.24) is 0 Å². The zero-order valence-electron chi connectivity index (χ0n) is 7.87. The smallest absolute Gasteiger partial charge is 0.0610 e. The van der Waals surface area contributed by atoms with Gasteiger partial charge in [-0.1, -0.05) is 36.4 Å². The SMILES string of the molecule is Nc1c(C=C(Br)Br)ccc2ccccc12. The summed E-state index contributed by atoms with van der Waals surface area (Å²) < 4.78 is 0.886. The summed E-state index contributed by atoms with van der Waals surface area (Å²) in [5.41, 5.74) is 7.90. The zero-order chi connectivity index (χ0) is 10.8. The van der Waals surface area contributed by atoms with Gasteiger partial charge in [0.15, 0.2) is 0 Å². The van der Waals surface area contributed by atoms with E-state index in [1.54, 1.807) is 0 Å². The monoisotopic (exact) mass is 325 g/mol. The summed E-state index contributed by atoms with van der Waals surface area (Å²) in [5, 5.41) is 2.25. The molecule has 0 radical (unpaired) electrons. The van der Waals surface area contributed by atoms with Crippen LogP contribution in [0.5, 0.6) is 0 Å². The highest BCUT2D eigenvalue weighted by Gasteiger charge is 2.01. The first-order valence-electron chi connectivity index (χ1n) is 4.48. The van der Waals surface area contributed by atoms with E-state index in [9.17, 15) is 0 Å². The average molecular weight is 327 g/mol. The lowest BCUT2D eigenvalue weighted by Crippen LogP contribution is -1.90. The van der Waals surface area contributed by atoms with E-state index >= 15 is 0 Å². The highest BCUT2D eigenvalue weighted by Crippen LogP contribution is 2.28. The first kappa shape index (κ1) is 10.7. The number of nitrogen functional groups attached to an aromatic ring is 1. The average Bonchev–Trinajstić information content (AvgIpc) is 2.22. The molecule has 0 saturated heterocycles. The van der Waals surface area contributed by atoms with Gasteiger partial charge in [-0.05, 0) is 48.9 Å². The molecule has 0 amide bonds. The maximum absolute atomic E-state index is 6.08. The molecule has 76 valence electrons. The van der Waals surface area contributed by atoms with E-state index in [2.05, 4.69) is 44.0 Å². The number of hydrogen-bond acceptors (Lipinski definition) is 1. The molecule has 0 aliphatic heterocycles. The predicted molar refractivity (Wildman–Crippen MR) is 74.2 cm³/mol. The Balaban J connectivity index is 2.70. The number of anilines is 1. The molecule has 0 heterocycles. The van der Waals surface area contributed by atoms with Gasteiger partial charge < -0.3 is 5.73 Å². The maximum Gasteiger partial charge on any atom is 0.0610 e. The molecule has 2 aromatic carbocycles. The van der Waals surface area contributed by atoms with Gasteiger partial charge in [-0.3, -0.25) is 0 Å². The van der Waals surface area contributed by atoms with Gasteiger partial charge in [0.25, 0.3) is 0 Å². The Kier molecular flexibility index (Phi) is 3.12. The second-order valence-corrected chi connectivity index (χ2v) is 6.00. The molecule has 0 atom stereocenters. The highest BCUT2D eigenvalue weighted by molar-refractivity contribution is 9.28. The second-order valence-electron chi connectivity index (χ2n) is 3.22. The molecule has 15 heavy (non-hydrogen) atoms. The van der Waals surface area contributed by atoms with Gasteiger partial charge >= 0.3 is 0 Å². The largest absolute Gasteiger partial charge is 0.398 e. The van der Waals surface area contributed by atoms with Crippen LogP contribution >= 0.6 is 31.9 Å². The van der Waals surface area contributed by atoms with Gasteiger partial charge in [0, 0.05) is 11.1 Å². The van der Waals surface area contributed by atoms with E-state index in [0.717, 1.165) is 25.4 Å². The summed E-state index contributed by atoms with van der Waals surface area (Å²) in [6.45, 7) is 0. The summed E-state index contributed by atoms with van der Waals surface area (Å²) in [6.07, 6.45) is 1.95. The van der Waals surface area contributed by atoms with Crippen LogP contribution in [0.4, 0.5) is 5.69 Å². The van der Waals surface area contributed by atoms with Crippen LogP contribution in [0.15, 0.2) is 39.8 Å². The lowest BCUT2D eigenvalue weighted by Gasteiger charge is -2.05. The summed E-state index contributed by atoms with van der Waals surface area (Å²) in [7, 11) is 0. The molecule has 0 unspecified atom stereocenters. The van der Waals surface area contributed by atoms with Crippen LogP contribution in [0.25, 0.3) is 16.8 Å². The van der Waals surface area contributed by atoms with Crippen molar-refractivity contribution in [2.45, 2.75) is 0 Å². The van der Waals surface area contributed by atoms with Crippen LogP contribution in [0.1, 0.15) is 5.56 Å². The number of nitrogens with two attached hydrogens (primary N) is 1. The van der Waals surface area contributed by atoms with Crippen molar-refractivity contribution in [2.75, 3.05) is 5.73 Å². The Morgan fingerprint density at radius 2 is 1.80 bits per heavy atom. The van der Waals surface area contributed by atoms with Crippen molar-refractivity contribution < 1.29 is 0 Å². The normalized spacial score (nSPS) is 10.3. The molecule has 2 aromatic rings. The van der Waals surface area contributed by atoms with Gasteiger partial charge in [-0.15, -0.1) is 0 Å². The van der Waals surface area contributed by atoms with Crippen LogP contribution in [-0.2, 0) is 0 Å². The fourth-order valence-corrected chi connectivity index (χ4v) is 2.05. The van der Waals surface area contributed by atoms with Crippen molar-refractivity contribution in [1.29, 1.82) is 0 Å². The Labute approximate surface area is 105 Å². The van der Waals surface area contributed by atoms with Crippen LogP contribution in [0, 0.1) is 0 Å². The second kappa shape index (κ2) is 4.37. The molecular weight excluding hydrogens is 318 g/mol. The van der Waals surface area contributed by atoms with E-state index in [-0.39, 0.29) is 0 Å². The number of benzene rings is 2. The molecular formula is C12H9Br2N. The minimum atomic E-state index is 0.810. The lowest BCUT2D eigenvalue weighted by molar-refractivity contribution is 1.69. The van der Waals surface area contributed by atoms with Crippen LogP contribution < -0.4 is 5.73 Å². The first-order chi connectivity index (χ1) is 7.18. The first-order valence-corrected chi connectivity index (χ1v) is 6.07. The van der Waals surface area contributed by atoms with Crippen LogP contribution in [0.3, 0.4) is 0 Å². The lowest BCUT2D eigenvalue weighted by atomic mass is 10.0. The Hall–Kier alpha value is -0.800. The molecule has 3 heteroatoms. The van der Waals surface area contributed by atoms with Crippen molar-refractivity contribution in [3.8, 4) is 0 Å². The minimum Gasteiger partial charge on any atom is -0.398 e. The molecule has 0 spiro atoms. The fourth-order valence-electron chi connectivity index (χ4n) is 1.56. The number of fused-ring (bicyclic) bond motifs is 1. The maximum atomic E-state index is 6.08. The highest BCUT2D eigenvalue weighted by atomic mass is 79.9. The van der Waals surface area contributed by atoms with Crippen molar-refractivity contribution >= 4 is 54.4 Å². The molecule has 0 aliphatic rings. The van der Waals surface area contributed by atoms with Crippen LogP contribution in [0.2, 0.25) is 0 Å². The van der Waals surface area contributed by atoms with E-state index in [1.165, 1.54) is 0 Å². The van der Waals surface area contributed by atoms with Gasteiger partial charge in [-0.2, -0.15) is 0 Å². The summed E-state index contributed by atoms with van der Waals surface area (Å²) >= 11 is 6.66. The number of rotatable bonds is 1.